The van der Waals surface area contributed by atoms with E-state index in [0.717, 1.165) is 40.9 Å². The second-order valence-electron chi connectivity index (χ2n) is 6.61. The van der Waals surface area contributed by atoms with Gasteiger partial charge in [0.2, 0.25) is 0 Å². The van der Waals surface area contributed by atoms with Crippen LogP contribution in [-0.2, 0) is 6.42 Å². The Balaban J connectivity index is 1.47. The SMILES string of the molecule is COc1ccc(OC)c(CCNC(=O)N2CCN(c3cccc(Cl)c3)CC2)c1. The Kier molecular flexibility index (Phi) is 6.87. The number of hydrogen-bond acceptors (Lipinski definition) is 4. The number of carbonyl (C=O) groups excluding carboxylic acids is 1. The van der Waals surface area contributed by atoms with E-state index in [1.165, 1.54) is 0 Å². The van der Waals surface area contributed by atoms with Crippen molar-refractivity contribution >= 4 is 23.3 Å². The van der Waals surface area contributed by atoms with Gasteiger partial charge in [0.1, 0.15) is 11.5 Å². The van der Waals surface area contributed by atoms with Crippen LogP contribution in [-0.4, -0.2) is 57.9 Å². The number of anilines is 1. The molecule has 6 nitrogen and oxygen atoms in total. The topological polar surface area (TPSA) is 54.0 Å². The number of rotatable bonds is 6. The van der Waals surface area contributed by atoms with E-state index in [4.69, 9.17) is 21.1 Å². The van der Waals surface area contributed by atoms with Crippen LogP contribution in [0.4, 0.5) is 10.5 Å². The molecule has 0 bridgehead atoms. The van der Waals surface area contributed by atoms with Gasteiger partial charge in [-0.3, -0.25) is 0 Å². The summed E-state index contributed by atoms with van der Waals surface area (Å²) in [5, 5.41) is 3.73. The molecule has 2 aromatic carbocycles. The van der Waals surface area contributed by atoms with Crippen molar-refractivity contribution in [2.24, 2.45) is 0 Å². The Morgan fingerprint density at radius 2 is 1.86 bits per heavy atom. The van der Waals surface area contributed by atoms with Gasteiger partial charge in [-0.05, 0) is 48.4 Å². The van der Waals surface area contributed by atoms with Crippen LogP contribution in [0.1, 0.15) is 5.56 Å². The van der Waals surface area contributed by atoms with E-state index in [1.54, 1.807) is 14.2 Å². The fraction of sp³-hybridized carbons (Fsp3) is 0.381. The molecule has 0 atom stereocenters. The number of nitrogens with one attached hydrogen (secondary N) is 1. The summed E-state index contributed by atoms with van der Waals surface area (Å²) in [6.07, 6.45) is 0.675. The number of nitrogens with zero attached hydrogens (tertiary/aromatic N) is 2. The summed E-state index contributed by atoms with van der Waals surface area (Å²) in [5.41, 5.74) is 2.10. The van der Waals surface area contributed by atoms with E-state index in [-0.39, 0.29) is 6.03 Å². The first-order valence-corrected chi connectivity index (χ1v) is 9.72. The van der Waals surface area contributed by atoms with Crippen LogP contribution >= 0.6 is 11.6 Å². The lowest BCUT2D eigenvalue weighted by molar-refractivity contribution is 0.194. The van der Waals surface area contributed by atoms with Crippen LogP contribution in [0.15, 0.2) is 42.5 Å². The Morgan fingerprint density at radius 1 is 1.07 bits per heavy atom. The van der Waals surface area contributed by atoms with Gasteiger partial charge >= 0.3 is 6.03 Å². The van der Waals surface area contributed by atoms with E-state index in [0.29, 0.717) is 26.1 Å². The molecule has 1 heterocycles. The van der Waals surface area contributed by atoms with Crippen molar-refractivity contribution in [1.29, 1.82) is 0 Å². The van der Waals surface area contributed by atoms with Crippen LogP contribution in [0.3, 0.4) is 0 Å². The molecule has 0 spiro atoms. The Hall–Kier alpha value is -2.60. The van der Waals surface area contributed by atoms with Gasteiger partial charge in [-0.15, -0.1) is 0 Å². The van der Waals surface area contributed by atoms with Crippen LogP contribution in [0, 0.1) is 0 Å². The van der Waals surface area contributed by atoms with Crippen LogP contribution < -0.4 is 19.7 Å². The first kappa shape index (κ1) is 20.1. The number of carbonyl (C=O) groups is 1. The molecule has 2 aromatic rings. The van der Waals surface area contributed by atoms with E-state index >= 15 is 0 Å². The molecule has 1 N–H and O–H groups in total. The second-order valence-corrected chi connectivity index (χ2v) is 7.05. The quantitative estimate of drug-likeness (QED) is 0.802. The zero-order valence-corrected chi connectivity index (χ0v) is 17.0. The zero-order valence-electron chi connectivity index (χ0n) is 16.3. The molecule has 0 aliphatic carbocycles. The van der Waals surface area contributed by atoms with E-state index < -0.39 is 0 Å². The molecule has 0 unspecified atom stereocenters. The molecule has 1 saturated heterocycles. The molecule has 0 radical (unpaired) electrons. The van der Waals surface area contributed by atoms with Crippen molar-refractivity contribution in [2.75, 3.05) is 51.8 Å². The highest BCUT2D eigenvalue weighted by Gasteiger charge is 2.21. The maximum atomic E-state index is 12.5. The molecule has 1 aliphatic rings. The van der Waals surface area contributed by atoms with Crippen molar-refractivity contribution in [2.45, 2.75) is 6.42 Å². The van der Waals surface area contributed by atoms with Gasteiger partial charge in [-0.2, -0.15) is 0 Å². The lowest BCUT2D eigenvalue weighted by Crippen LogP contribution is -2.52. The highest BCUT2D eigenvalue weighted by molar-refractivity contribution is 6.30. The lowest BCUT2D eigenvalue weighted by Gasteiger charge is -2.36. The van der Waals surface area contributed by atoms with Gasteiger partial charge in [-0.1, -0.05) is 17.7 Å². The van der Waals surface area contributed by atoms with Crippen molar-refractivity contribution < 1.29 is 14.3 Å². The second kappa shape index (κ2) is 9.55. The van der Waals surface area contributed by atoms with Gasteiger partial charge in [0.05, 0.1) is 14.2 Å². The summed E-state index contributed by atoms with van der Waals surface area (Å²) in [6, 6.07) is 13.5. The summed E-state index contributed by atoms with van der Waals surface area (Å²) in [5.74, 6) is 1.57. The van der Waals surface area contributed by atoms with Crippen LogP contribution in [0.25, 0.3) is 0 Å². The first-order valence-electron chi connectivity index (χ1n) is 9.35. The predicted molar refractivity (Wildman–Crippen MR) is 112 cm³/mol. The number of methoxy groups -OCH3 is 2. The fourth-order valence-electron chi connectivity index (χ4n) is 3.33. The Morgan fingerprint density at radius 3 is 2.54 bits per heavy atom. The number of halogens is 1. The lowest BCUT2D eigenvalue weighted by atomic mass is 10.1. The molecule has 3 rings (SSSR count). The first-order chi connectivity index (χ1) is 13.6. The molecule has 1 aliphatic heterocycles. The van der Waals surface area contributed by atoms with Gasteiger partial charge in [-0.25, -0.2) is 4.79 Å². The van der Waals surface area contributed by atoms with Crippen molar-refractivity contribution in [3.05, 3.63) is 53.1 Å². The molecule has 150 valence electrons. The molecular weight excluding hydrogens is 378 g/mol. The zero-order chi connectivity index (χ0) is 19.9. The van der Waals surface area contributed by atoms with E-state index in [2.05, 4.69) is 10.2 Å². The molecule has 0 saturated carbocycles. The predicted octanol–water partition coefficient (Wildman–Crippen LogP) is 3.43. The standard InChI is InChI=1S/C21H26ClN3O3/c1-27-19-6-7-20(28-2)16(14-19)8-9-23-21(26)25-12-10-24(11-13-25)18-5-3-4-17(22)15-18/h3-7,14-15H,8-13H2,1-2H3,(H,23,26). The van der Waals surface area contributed by atoms with Gasteiger partial charge < -0.3 is 24.6 Å². The van der Waals surface area contributed by atoms with E-state index in [1.807, 2.05) is 47.4 Å². The minimum absolute atomic E-state index is 0.0346. The normalized spacial score (nSPS) is 14.0. The summed E-state index contributed by atoms with van der Waals surface area (Å²) in [6.45, 7) is 3.48. The smallest absolute Gasteiger partial charge is 0.317 e. The number of piperazine rings is 1. The maximum absolute atomic E-state index is 12.5. The van der Waals surface area contributed by atoms with Gasteiger partial charge in [0.25, 0.3) is 0 Å². The highest BCUT2D eigenvalue weighted by Crippen LogP contribution is 2.24. The number of urea groups is 1. The third-order valence-electron chi connectivity index (χ3n) is 4.90. The average Bonchev–Trinajstić information content (AvgIpc) is 2.73. The maximum Gasteiger partial charge on any atom is 0.317 e. The molecule has 7 heteroatoms. The minimum Gasteiger partial charge on any atom is -0.497 e. The highest BCUT2D eigenvalue weighted by atomic mass is 35.5. The van der Waals surface area contributed by atoms with Crippen LogP contribution in [0.5, 0.6) is 11.5 Å². The Bertz CT molecular complexity index is 807. The van der Waals surface area contributed by atoms with Gasteiger partial charge in [0, 0.05) is 43.4 Å². The summed E-state index contributed by atoms with van der Waals surface area (Å²) in [7, 11) is 3.28. The number of hydrogen-bond donors (Lipinski definition) is 1. The van der Waals surface area contributed by atoms with Crippen molar-refractivity contribution in [1.82, 2.24) is 10.2 Å². The van der Waals surface area contributed by atoms with Crippen molar-refractivity contribution in [3.63, 3.8) is 0 Å². The minimum atomic E-state index is -0.0346. The third-order valence-corrected chi connectivity index (χ3v) is 5.13. The summed E-state index contributed by atoms with van der Waals surface area (Å²) in [4.78, 5) is 16.6. The summed E-state index contributed by atoms with van der Waals surface area (Å²) >= 11 is 6.07. The molecule has 0 aromatic heterocycles. The average molecular weight is 404 g/mol. The number of ether oxygens (including phenoxy) is 2. The number of amides is 2. The third kappa shape index (κ3) is 5.01. The molecule has 28 heavy (non-hydrogen) atoms. The molecular formula is C21H26ClN3O3. The number of benzene rings is 2. The van der Waals surface area contributed by atoms with E-state index in [9.17, 15) is 4.79 Å². The summed E-state index contributed by atoms with van der Waals surface area (Å²) < 4.78 is 10.7. The fourth-order valence-corrected chi connectivity index (χ4v) is 3.52. The monoisotopic (exact) mass is 403 g/mol. The van der Waals surface area contributed by atoms with Gasteiger partial charge in [0.15, 0.2) is 0 Å². The molecule has 2 amide bonds. The molecule has 1 fully saturated rings. The van der Waals surface area contributed by atoms with Crippen LogP contribution in [0.2, 0.25) is 5.02 Å². The largest absolute Gasteiger partial charge is 0.497 e. The van der Waals surface area contributed by atoms with Crippen molar-refractivity contribution in [3.8, 4) is 11.5 Å². The Labute approximate surface area is 171 Å².